The van der Waals surface area contributed by atoms with Crippen molar-refractivity contribution in [2.75, 3.05) is 6.61 Å². The summed E-state index contributed by atoms with van der Waals surface area (Å²) in [5, 5.41) is 9.31. The molecule has 1 N–H and O–H groups in total. The molecule has 0 spiro atoms. The summed E-state index contributed by atoms with van der Waals surface area (Å²) >= 11 is 2.15. The molecule has 0 aliphatic carbocycles. The molecule has 90 valence electrons. The van der Waals surface area contributed by atoms with Crippen molar-refractivity contribution in [1.29, 1.82) is 0 Å². The summed E-state index contributed by atoms with van der Waals surface area (Å²) in [7, 11) is 0. The van der Waals surface area contributed by atoms with Crippen molar-refractivity contribution in [1.82, 2.24) is 0 Å². The maximum Gasteiger partial charge on any atom is 0.337 e. The van der Waals surface area contributed by atoms with Gasteiger partial charge in [-0.2, -0.15) is 0 Å². The van der Waals surface area contributed by atoms with E-state index in [2.05, 4.69) is 22.6 Å². The Bertz CT molecular complexity index is 214. The minimum Gasteiger partial charge on any atom is -0.461 e. The number of halogens is 1. The Labute approximate surface area is 104 Å². The molecule has 0 heterocycles. The maximum atomic E-state index is 11.2. The first kappa shape index (κ1) is 15.1. The number of carbonyl (C=O) groups is 1. The lowest BCUT2D eigenvalue weighted by Crippen LogP contribution is -2.36. The zero-order valence-corrected chi connectivity index (χ0v) is 12.0. The molecule has 0 aromatic carbocycles. The Kier molecular flexibility index (Phi) is 5.49. The SMILES string of the molecule is CC(COC(=O)C(C)(C)O)OC(C)(C)I. The minimum atomic E-state index is -1.44. The summed E-state index contributed by atoms with van der Waals surface area (Å²) in [4.78, 5) is 11.2. The van der Waals surface area contributed by atoms with E-state index < -0.39 is 11.6 Å². The molecule has 1 atom stereocenters. The quantitative estimate of drug-likeness (QED) is 0.475. The molecule has 0 saturated heterocycles. The van der Waals surface area contributed by atoms with E-state index in [1.165, 1.54) is 13.8 Å². The fraction of sp³-hybridized carbons (Fsp3) is 0.900. The first-order valence-corrected chi connectivity index (χ1v) is 5.86. The molecule has 0 aromatic heterocycles. The van der Waals surface area contributed by atoms with Crippen LogP contribution in [0.15, 0.2) is 0 Å². The number of hydrogen-bond donors (Lipinski definition) is 1. The maximum absolute atomic E-state index is 11.2. The van der Waals surface area contributed by atoms with Crippen LogP contribution in [0, 0.1) is 0 Å². The number of hydrogen-bond acceptors (Lipinski definition) is 4. The topological polar surface area (TPSA) is 55.8 Å². The van der Waals surface area contributed by atoms with Crippen LogP contribution in [-0.4, -0.2) is 33.0 Å². The second-order valence-electron chi connectivity index (χ2n) is 4.45. The Morgan fingerprint density at radius 1 is 1.40 bits per heavy atom. The van der Waals surface area contributed by atoms with Crippen LogP contribution in [-0.2, 0) is 14.3 Å². The van der Waals surface area contributed by atoms with Crippen molar-refractivity contribution in [3.63, 3.8) is 0 Å². The van der Waals surface area contributed by atoms with Crippen molar-refractivity contribution in [3.8, 4) is 0 Å². The number of esters is 1. The summed E-state index contributed by atoms with van der Waals surface area (Å²) in [6.07, 6.45) is -0.191. The molecule has 1 unspecified atom stereocenters. The summed E-state index contributed by atoms with van der Waals surface area (Å²) in [5.74, 6) is -0.635. The van der Waals surface area contributed by atoms with Gasteiger partial charge in [0.15, 0.2) is 5.60 Å². The fourth-order valence-electron chi connectivity index (χ4n) is 0.882. The number of aliphatic hydroxyl groups is 1. The van der Waals surface area contributed by atoms with Gasteiger partial charge in [-0.15, -0.1) is 0 Å². The van der Waals surface area contributed by atoms with E-state index in [1.807, 2.05) is 20.8 Å². The Morgan fingerprint density at radius 3 is 2.20 bits per heavy atom. The first-order valence-electron chi connectivity index (χ1n) is 4.78. The third-order valence-corrected chi connectivity index (χ3v) is 1.68. The third-order valence-electron chi connectivity index (χ3n) is 1.43. The van der Waals surface area contributed by atoms with Crippen molar-refractivity contribution >= 4 is 28.6 Å². The van der Waals surface area contributed by atoms with Gasteiger partial charge in [0.25, 0.3) is 0 Å². The van der Waals surface area contributed by atoms with Crippen molar-refractivity contribution in [2.45, 2.75) is 49.9 Å². The highest BCUT2D eigenvalue weighted by molar-refractivity contribution is 14.1. The lowest BCUT2D eigenvalue weighted by molar-refractivity contribution is -0.166. The predicted octanol–water partition coefficient (Wildman–Crippen LogP) is 1.88. The molecule has 4 nitrogen and oxygen atoms in total. The standard InChI is InChI=1S/C10H19IO4/c1-7(15-10(4,5)11)6-14-8(12)9(2,3)13/h7,13H,6H2,1-5H3. The van der Waals surface area contributed by atoms with E-state index >= 15 is 0 Å². The molecule has 0 radical (unpaired) electrons. The van der Waals surface area contributed by atoms with E-state index in [4.69, 9.17) is 9.47 Å². The summed E-state index contributed by atoms with van der Waals surface area (Å²) < 4.78 is 10.1. The van der Waals surface area contributed by atoms with E-state index in [0.29, 0.717) is 0 Å². The van der Waals surface area contributed by atoms with Crippen molar-refractivity contribution in [2.24, 2.45) is 0 Å². The highest BCUT2D eigenvalue weighted by Gasteiger charge is 2.26. The Morgan fingerprint density at radius 2 is 1.87 bits per heavy atom. The monoisotopic (exact) mass is 330 g/mol. The Balaban J connectivity index is 3.92. The first-order chi connectivity index (χ1) is 6.52. The molecule has 15 heavy (non-hydrogen) atoms. The number of rotatable bonds is 5. The second kappa shape index (κ2) is 5.45. The van der Waals surface area contributed by atoms with Crippen LogP contribution < -0.4 is 0 Å². The molecule has 0 aliphatic heterocycles. The zero-order chi connectivity index (χ0) is 12.3. The average molecular weight is 330 g/mol. The Hall–Kier alpha value is 0.120. The predicted molar refractivity (Wildman–Crippen MR) is 65.9 cm³/mol. The lowest BCUT2D eigenvalue weighted by Gasteiger charge is -2.24. The molecule has 0 aromatic rings. The van der Waals surface area contributed by atoms with Gasteiger partial charge in [0, 0.05) is 0 Å². The third kappa shape index (κ3) is 7.98. The van der Waals surface area contributed by atoms with Gasteiger partial charge in [0.1, 0.15) is 10.2 Å². The average Bonchev–Trinajstić information content (AvgIpc) is 1.94. The van der Waals surface area contributed by atoms with Gasteiger partial charge in [-0.05, 0) is 57.2 Å². The second-order valence-corrected chi connectivity index (χ2v) is 7.05. The number of carbonyl (C=O) groups excluding carboxylic acids is 1. The minimum absolute atomic E-state index is 0.148. The van der Waals surface area contributed by atoms with Crippen molar-refractivity contribution < 1.29 is 19.4 Å². The van der Waals surface area contributed by atoms with Gasteiger partial charge in [-0.1, -0.05) is 0 Å². The summed E-state index contributed by atoms with van der Waals surface area (Å²) in [6, 6.07) is 0. The van der Waals surface area contributed by atoms with Gasteiger partial charge < -0.3 is 14.6 Å². The number of alkyl halides is 1. The molecule has 0 aliphatic rings. The van der Waals surface area contributed by atoms with Gasteiger partial charge in [-0.25, -0.2) is 4.79 Å². The summed E-state index contributed by atoms with van der Waals surface area (Å²) in [6.45, 7) is 8.59. The molecule has 0 rings (SSSR count). The molecule has 0 fully saturated rings. The van der Waals surface area contributed by atoms with Crippen molar-refractivity contribution in [3.05, 3.63) is 0 Å². The smallest absolute Gasteiger partial charge is 0.337 e. The van der Waals surface area contributed by atoms with Crippen LogP contribution in [0.3, 0.4) is 0 Å². The molecule has 5 heteroatoms. The van der Waals surface area contributed by atoms with Gasteiger partial charge >= 0.3 is 5.97 Å². The van der Waals surface area contributed by atoms with Crippen LogP contribution in [0.4, 0.5) is 0 Å². The highest BCUT2D eigenvalue weighted by Crippen LogP contribution is 2.20. The van der Waals surface area contributed by atoms with Crippen LogP contribution in [0.2, 0.25) is 0 Å². The molecular weight excluding hydrogens is 311 g/mol. The molecule has 0 saturated carbocycles. The largest absolute Gasteiger partial charge is 0.461 e. The van der Waals surface area contributed by atoms with E-state index in [9.17, 15) is 9.90 Å². The van der Waals surface area contributed by atoms with E-state index in [-0.39, 0.29) is 16.3 Å². The normalized spacial score (nSPS) is 14.9. The molecular formula is C10H19IO4. The van der Waals surface area contributed by atoms with E-state index in [0.717, 1.165) is 0 Å². The zero-order valence-electron chi connectivity index (χ0n) is 9.83. The summed E-state index contributed by atoms with van der Waals surface area (Å²) in [5.41, 5.74) is -1.44. The van der Waals surface area contributed by atoms with Gasteiger partial charge in [0.2, 0.25) is 0 Å². The molecule has 0 amide bonds. The van der Waals surface area contributed by atoms with Crippen LogP contribution >= 0.6 is 22.6 Å². The van der Waals surface area contributed by atoms with Gasteiger partial charge in [-0.3, -0.25) is 0 Å². The lowest BCUT2D eigenvalue weighted by atomic mass is 10.1. The van der Waals surface area contributed by atoms with Crippen LogP contribution in [0.1, 0.15) is 34.6 Å². The van der Waals surface area contributed by atoms with Gasteiger partial charge in [0.05, 0.1) is 6.10 Å². The van der Waals surface area contributed by atoms with E-state index in [1.54, 1.807) is 0 Å². The van der Waals surface area contributed by atoms with Crippen LogP contribution in [0.5, 0.6) is 0 Å². The number of ether oxygens (including phenoxy) is 2. The highest BCUT2D eigenvalue weighted by atomic mass is 127. The molecule has 0 bridgehead atoms. The fourth-order valence-corrected chi connectivity index (χ4v) is 1.32. The van der Waals surface area contributed by atoms with Crippen LogP contribution in [0.25, 0.3) is 0 Å².